The minimum Gasteiger partial charge on any atom is -0.377 e. The van der Waals surface area contributed by atoms with Crippen LogP contribution in [0.2, 0.25) is 0 Å². The van der Waals surface area contributed by atoms with Crippen LogP contribution in [0.4, 0.5) is 0 Å². The summed E-state index contributed by atoms with van der Waals surface area (Å²) in [4.78, 5) is 0. The molecule has 0 heterocycles. The highest BCUT2D eigenvalue weighted by Gasteiger charge is 2.24. The molecular weight excluding hydrogens is 328 g/mol. The molecule has 0 amide bonds. The summed E-state index contributed by atoms with van der Waals surface area (Å²) in [6, 6.07) is 9.26. The predicted molar refractivity (Wildman–Crippen MR) is 116 cm³/mol. The van der Waals surface area contributed by atoms with Crippen LogP contribution < -0.4 is 0 Å². The molecule has 1 aromatic carbocycles. The lowest BCUT2D eigenvalue weighted by Gasteiger charge is -2.31. The molecular formula is C26H40O. The number of rotatable bonds is 9. The first-order valence-corrected chi connectivity index (χ1v) is 11.6. The zero-order valence-corrected chi connectivity index (χ0v) is 17.5. The molecule has 0 atom stereocenters. The average molecular weight is 369 g/mol. The summed E-state index contributed by atoms with van der Waals surface area (Å²) in [6.45, 7) is 7.76. The van der Waals surface area contributed by atoms with Crippen LogP contribution in [-0.4, -0.2) is 6.61 Å². The second kappa shape index (κ2) is 11.1. The fourth-order valence-corrected chi connectivity index (χ4v) is 5.19. The van der Waals surface area contributed by atoms with Gasteiger partial charge in [0.2, 0.25) is 0 Å². The van der Waals surface area contributed by atoms with Gasteiger partial charge in [-0.15, -0.1) is 6.58 Å². The predicted octanol–water partition coefficient (Wildman–Crippen LogP) is 7.66. The molecule has 1 heteroatoms. The summed E-state index contributed by atoms with van der Waals surface area (Å²) in [5.74, 6) is 3.58. The number of hydrogen-bond acceptors (Lipinski definition) is 1. The van der Waals surface area contributed by atoms with Gasteiger partial charge in [0.1, 0.15) is 0 Å². The van der Waals surface area contributed by atoms with Crippen molar-refractivity contribution in [2.75, 3.05) is 6.61 Å². The Labute approximate surface area is 167 Å². The highest BCUT2D eigenvalue weighted by molar-refractivity contribution is 5.25. The van der Waals surface area contributed by atoms with Gasteiger partial charge in [-0.1, -0.05) is 50.1 Å². The first kappa shape index (κ1) is 20.6. The lowest BCUT2D eigenvalue weighted by Crippen LogP contribution is -2.17. The Kier molecular flexibility index (Phi) is 8.45. The maximum absolute atomic E-state index is 5.65. The van der Waals surface area contributed by atoms with E-state index < -0.39 is 0 Å². The van der Waals surface area contributed by atoms with Crippen LogP contribution in [0, 0.1) is 17.8 Å². The third-order valence-electron chi connectivity index (χ3n) is 7.12. The van der Waals surface area contributed by atoms with Gasteiger partial charge in [-0.2, -0.15) is 0 Å². The highest BCUT2D eigenvalue weighted by atomic mass is 16.5. The molecule has 2 fully saturated rings. The molecule has 0 saturated heterocycles. The summed E-state index contributed by atoms with van der Waals surface area (Å²) in [7, 11) is 0. The molecule has 0 unspecified atom stereocenters. The van der Waals surface area contributed by atoms with E-state index in [1.807, 2.05) is 0 Å². The second-order valence-corrected chi connectivity index (χ2v) is 9.11. The SMILES string of the molecule is C=C[C@H]1CC[C@H](CC[C@H]2CC[C@H](c3ccc(COCCC)cc3)CC2)CC1. The smallest absolute Gasteiger partial charge is 0.0716 e. The maximum atomic E-state index is 5.65. The van der Waals surface area contributed by atoms with Gasteiger partial charge in [-0.25, -0.2) is 0 Å². The molecule has 0 radical (unpaired) electrons. The van der Waals surface area contributed by atoms with Crippen LogP contribution in [0.3, 0.4) is 0 Å². The molecule has 0 N–H and O–H groups in total. The summed E-state index contributed by atoms with van der Waals surface area (Å²) >= 11 is 0. The summed E-state index contributed by atoms with van der Waals surface area (Å²) in [6.07, 6.45) is 17.6. The standard InChI is InChI=1S/C26H40O/c1-3-19-27-20-24-13-17-26(18-14-24)25-15-11-23(12-16-25)10-9-22-7-5-21(4-2)6-8-22/h4,13-14,17-18,21-23,25H,2-3,5-12,15-16,19-20H2,1H3/t21-,22-,23-,25-. The summed E-state index contributed by atoms with van der Waals surface area (Å²) in [5.41, 5.74) is 2.86. The van der Waals surface area contributed by atoms with E-state index in [9.17, 15) is 0 Å². The Balaban J connectivity index is 1.35. The lowest BCUT2D eigenvalue weighted by atomic mass is 9.74. The van der Waals surface area contributed by atoms with Crippen LogP contribution in [0.5, 0.6) is 0 Å². The van der Waals surface area contributed by atoms with E-state index in [1.165, 1.54) is 69.8 Å². The van der Waals surface area contributed by atoms with Crippen molar-refractivity contribution in [1.29, 1.82) is 0 Å². The van der Waals surface area contributed by atoms with Crippen LogP contribution in [-0.2, 0) is 11.3 Å². The highest BCUT2D eigenvalue weighted by Crippen LogP contribution is 2.39. The molecule has 0 spiro atoms. The molecule has 27 heavy (non-hydrogen) atoms. The van der Waals surface area contributed by atoms with Gasteiger partial charge >= 0.3 is 0 Å². The van der Waals surface area contributed by atoms with E-state index in [0.717, 1.165) is 43.3 Å². The minimum atomic E-state index is 0.759. The third-order valence-corrected chi connectivity index (χ3v) is 7.12. The van der Waals surface area contributed by atoms with Crippen molar-refractivity contribution in [3.05, 3.63) is 48.0 Å². The molecule has 1 nitrogen and oxygen atoms in total. The van der Waals surface area contributed by atoms with Crippen LogP contribution >= 0.6 is 0 Å². The number of benzene rings is 1. The monoisotopic (exact) mass is 368 g/mol. The van der Waals surface area contributed by atoms with Crippen LogP contribution in [0.25, 0.3) is 0 Å². The van der Waals surface area contributed by atoms with Crippen molar-refractivity contribution >= 4 is 0 Å². The summed E-state index contributed by atoms with van der Waals surface area (Å²) in [5, 5.41) is 0. The fourth-order valence-electron chi connectivity index (χ4n) is 5.19. The van der Waals surface area contributed by atoms with Crippen LogP contribution in [0.1, 0.15) is 94.6 Å². The Morgan fingerprint density at radius 1 is 0.889 bits per heavy atom. The van der Waals surface area contributed by atoms with Crippen molar-refractivity contribution in [1.82, 2.24) is 0 Å². The number of hydrogen-bond donors (Lipinski definition) is 0. The normalized spacial score (nSPS) is 28.8. The van der Waals surface area contributed by atoms with Gasteiger partial charge in [-0.3, -0.25) is 0 Å². The van der Waals surface area contributed by atoms with Gasteiger partial charge in [0.05, 0.1) is 6.61 Å². The summed E-state index contributed by atoms with van der Waals surface area (Å²) < 4.78 is 5.65. The molecule has 2 aliphatic rings. The van der Waals surface area contributed by atoms with Gasteiger partial charge < -0.3 is 4.74 Å². The fraction of sp³-hybridized carbons (Fsp3) is 0.692. The third kappa shape index (κ3) is 6.49. The minimum absolute atomic E-state index is 0.759. The van der Waals surface area contributed by atoms with E-state index >= 15 is 0 Å². The molecule has 150 valence electrons. The number of allylic oxidation sites excluding steroid dienone is 1. The molecule has 3 rings (SSSR count). The molecule has 2 aliphatic carbocycles. The topological polar surface area (TPSA) is 9.23 Å². The Bertz CT molecular complexity index is 530. The molecule has 0 aliphatic heterocycles. The first-order valence-electron chi connectivity index (χ1n) is 11.6. The molecule has 2 saturated carbocycles. The largest absolute Gasteiger partial charge is 0.377 e. The van der Waals surface area contributed by atoms with Crippen molar-refractivity contribution < 1.29 is 4.74 Å². The molecule has 1 aromatic rings. The maximum Gasteiger partial charge on any atom is 0.0716 e. The van der Waals surface area contributed by atoms with Crippen molar-refractivity contribution in [3.63, 3.8) is 0 Å². The van der Waals surface area contributed by atoms with E-state index in [1.54, 1.807) is 5.56 Å². The van der Waals surface area contributed by atoms with E-state index in [0.29, 0.717) is 0 Å². The van der Waals surface area contributed by atoms with Crippen molar-refractivity contribution in [2.24, 2.45) is 17.8 Å². The van der Waals surface area contributed by atoms with E-state index in [2.05, 4.69) is 43.8 Å². The lowest BCUT2D eigenvalue weighted by molar-refractivity contribution is 0.121. The average Bonchev–Trinajstić information content (AvgIpc) is 2.74. The van der Waals surface area contributed by atoms with Gasteiger partial charge in [0, 0.05) is 6.61 Å². The Morgan fingerprint density at radius 2 is 1.48 bits per heavy atom. The molecule has 0 aromatic heterocycles. The van der Waals surface area contributed by atoms with E-state index in [-0.39, 0.29) is 0 Å². The Morgan fingerprint density at radius 3 is 2.04 bits per heavy atom. The second-order valence-electron chi connectivity index (χ2n) is 9.11. The van der Waals surface area contributed by atoms with Crippen LogP contribution in [0.15, 0.2) is 36.9 Å². The zero-order valence-electron chi connectivity index (χ0n) is 17.5. The zero-order chi connectivity index (χ0) is 18.9. The quantitative estimate of drug-likeness (QED) is 0.321. The van der Waals surface area contributed by atoms with E-state index in [4.69, 9.17) is 4.74 Å². The van der Waals surface area contributed by atoms with Gasteiger partial charge in [0.15, 0.2) is 0 Å². The molecule has 0 bridgehead atoms. The van der Waals surface area contributed by atoms with Crippen molar-refractivity contribution in [3.8, 4) is 0 Å². The first-order chi connectivity index (χ1) is 13.3. The van der Waals surface area contributed by atoms with Gasteiger partial charge in [-0.05, 0) is 92.6 Å². The Hall–Kier alpha value is -1.08. The van der Waals surface area contributed by atoms with Crippen molar-refractivity contribution in [2.45, 2.75) is 90.1 Å². The number of ether oxygens (including phenoxy) is 1. The van der Waals surface area contributed by atoms with Gasteiger partial charge in [0.25, 0.3) is 0 Å².